The largest absolute Gasteiger partial charge is 0.497 e. The maximum Gasteiger partial charge on any atom is 0.264 e. The molecule has 0 radical (unpaired) electrons. The van der Waals surface area contributed by atoms with Gasteiger partial charge in [-0.25, -0.2) is 8.42 Å². The van der Waals surface area contributed by atoms with Crippen LogP contribution in [0.2, 0.25) is 0 Å². The summed E-state index contributed by atoms with van der Waals surface area (Å²) >= 11 is 0. The fourth-order valence-electron chi connectivity index (χ4n) is 1.79. The van der Waals surface area contributed by atoms with Gasteiger partial charge in [-0.3, -0.25) is 9.82 Å². The van der Waals surface area contributed by atoms with Crippen molar-refractivity contribution in [3.05, 3.63) is 29.6 Å². The number of nitrogens with zero attached hydrogens (tertiary/aromatic N) is 1. The second kappa shape index (κ2) is 5.04. The van der Waals surface area contributed by atoms with Crippen molar-refractivity contribution in [2.45, 2.75) is 18.7 Å². The van der Waals surface area contributed by atoms with Crippen LogP contribution in [0.5, 0.6) is 5.75 Å². The van der Waals surface area contributed by atoms with Crippen LogP contribution in [-0.2, 0) is 10.0 Å². The number of aromatic amines is 1. The van der Waals surface area contributed by atoms with Gasteiger partial charge in [-0.05, 0) is 26.0 Å². The number of methoxy groups -OCH3 is 1. The first-order valence-electron chi connectivity index (χ1n) is 5.83. The van der Waals surface area contributed by atoms with Crippen molar-refractivity contribution in [2.24, 2.45) is 0 Å². The van der Waals surface area contributed by atoms with E-state index in [1.165, 1.54) is 19.2 Å². The monoisotopic (exact) mass is 296 g/mol. The molecule has 0 aliphatic carbocycles. The number of nitrogen functional groups attached to an aromatic ring is 1. The summed E-state index contributed by atoms with van der Waals surface area (Å²) in [5.41, 5.74) is 7.52. The number of aromatic nitrogens is 2. The molecule has 7 nitrogen and oxygen atoms in total. The van der Waals surface area contributed by atoms with E-state index in [4.69, 9.17) is 10.5 Å². The third-order valence-corrected chi connectivity index (χ3v) is 4.29. The van der Waals surface area contributed by atoms with Gasteiger partial charge in [0.1, 0.15) is 10.6 Å². The molecule has 0 atom stereocenters. The van der Waals surface area contributed by atoms with Crippen molar-refractivity contribution in [3.8, 4) is 5.75 Å². The fourth-order valence-corrected chi connectivity index (χ4v) is 3.08. The highest BCUT2D eigenvalue weighted by atomic mass is 32.2. The van der Waals surface area contributed by atoms with Crippen molar-refractivity contribution in [2.75, 3.05) is 17.6 Å². The maximum absolute atomic E-state index is 12.4. The van der Waals surface area contributed by atoms with Crippen LogP contribution in [0.15, 0.2) is 23.1 Å². The van der Waals surface area contributed by atoms with Gasteiger partial charge in [0.15, 0.2) is 0 Å². The lowest BCUT2D eigenvalue weighted by atomic mass is 10.3. The molecule has 0 amide bonds. The van der Waals surface area contributed by atoms with Gasteiger partial charge in [-0.1, -0.05) is 0 Å². The number of benzene rings is 1. The molecule has 0 spiro atoms. The number of rotatable bonds is 4. The van der Waals surface area contributed by atoms with Crippen LogP contribution in [0, 0.1) is 13.8 Å². The van der Waals surface area contributed by atoms with Gasteiger partial charge in [-0.2, -0.15) is 5.10 Å². The lowest BCUT2D eigenvalue weighted by molar-refractivity contribution is 0.414. The zero-order valence-corrected chi connectivity index (χ0v) is 12.2. The Kier molecular flexibility index (Phi) is 3.58. The van der Waals surface area contributed by atoms with E-state index in [-0.39, 0.29) is 10.6 Å². The van der Waals surface area contributed by atoms with Crippen molar-refractivity contribution < 1.29 is 13.2 Å². The number of nitrogens with one attached hydrogen (secondary N) is 2. The molecular weight excluding hydrogens is 280 g/mol. The topological polar surface area (TPSA) is 110 Å². The van der Waals surface area contributed by atoms with Gasteiger partial charge < -0.3 is 10.5 Å². The fraction of sp³-hybridized carbons (Fsp3) is 0.250. The molecule has 8 heteroatoms. The summed E-state index contributed by atoms with van der Waals surface area (Å²) in [6.07, 6.45) is 0. The van der Waals surface area contributed by atoms with Crippen LogP contribution in [0.3, 0.4) is 0 Å². The van der Waals surface area contributed by atoms with Gasteiger partial charge in [0.2, 0.25) is 0 Å². The molecule has 1 aromatic carbocycles. The van der Waals surface area contributed by atoms with E-state index in [0.29, 0.717) is 22.8 Å². The van der Waals surface area contributed by atoms with Crippen molar-refractivity contribution in [1.82, 2.24) is 10.2 Å². The maximum atomic E-state index is 12.4. The van der Waals surface area contributed by atoms with Crippen LogP contribution < -0.4 is 15.2 Å². The number of anilines is 2. The van der Waals surface area contributed by atoms with E-state index in [1.54, 1.807) is 19.9 Å². The minimum atomic E-state index is -3.77. The average molecular weight is 296 g/mol. The smallest absolute Gasteiger partial charge is 0.264 e. The van der Waals surface area contributed by atoms with E-state index >= 15 is 0 Å². The van der Waals surface area contributed by atoms with Gasteiger partial charge in [0.05, 0.1) is 29.9 Å². The molecule has 0 aliphatic heterocycles. The third kappa shape index (κ3) is 2.55. The highest BCUT2D eigenvalue weighted by Crippen LogP contribution is 2.27. The predicted octanol–water partition coefficient (Wildman–Crippen LogP) is 1.42. The van der Waals surface area contributed by atoms with Gasteiger partial charge in [-0.15, -0.1) is 0 Å². The van der Waals surface area contributed by atoms with Gasteiger partial charge >= 0.3 is 0 Å². The van der Waals surface area contributed by atoms with E-state index in [9.17, 15) is 8.42 Å². The Hall–Kier alpha value is -2.22. The van der Waals surface area contributed by atoms with Crippen molar-refractivity contribution in [1.29, 1.82) is 0 Å². The molecule has 1 aromatic heterocycles. The van der Waals surface area contributed by atoms with Gasteiger partial charge in [0.25, 0.3) is 10.0 Å². The Morgan fingerprint density at radius 3 is 2.55 bits per heavy atom. The van der Waals surface area contributed by atoms with E-state index in [2.05, 4.69) is 14.9 Å². The third-order valence-electron chi connectivity index (χ3n) is 2.87. The highest BCUT2D eigenvalue weighted by molar-refractivity contribution is 7.92. The molecule has 0 saturated carbocycles. The number of H-pyrrole nitrogens is 1. The Morgan fingerprint density at radius 1 is 1.35 bits per heavy atom. The molecule has 108 valence electrons. The molecule has 0 bridgehead atoms. The molecule has 2 aromatic rings. The Balaban J connectivity index is 2.41. The Bertz CT molecular complexity index is 718. The van der Waals surface area contributed by atoms with E-state index in [1.807, 2.05) is 0 Å². The lowest BCUT2D eigenvalue weighted by Gasteiger charge is -2.11. The number of aryl methyl sites for hydroxylation is 2. The van der Waals surface area contributed by atoms with E-state index in [0.717, 1.165) is 0 Å². The first-order chi connectivity index (χ1) is 9.35. The lowest BCUT2D eigenvalue weighted by Crippen LogP contribution is -2.15. The Labute approximate surface area is 117 Å². The minimum absolute atomic E-state index is 0.00157. The number of hydrogen-bond acceptors (Lipinski definition) is 5. The quantitative estimate of drug-likeness (QED) is 0.739. The molecule has 0 fully saturated rings. The second-order valence-electron chi connectivity index (χ2n) is 4.32. The molecular formula is C12H16N4O3S. The SMILES string of the molecule is COc1ccc(S(=O)(=O)Nc2c(C)n[nH]c2C)c(N)c1. The number of sulfonamides is 1. The first kappa shape index (κ1) is 14.2. The normalized spacial score (nSPS) is 11.3. The average Bonchev–Trinajstić information content (AvgIpc) is 2.69. The molecule has 1 heterocycles. The highest BCUT2D eigenvalue weighted by Gasteiger charge is 2.20. The van der Waals surface area contributed by atoms with Crippen LogP contribution in [0.1, 0.15) is 11.4 Å². The Morgan fingerprint density at radius 2 is 2.05 bits per heavy atom. The summed E-state index contributed by atoms with van der Waals surface area (Å²) in [6, 6.07) is 4.41. The first-order valence-corrected chi connectivity index (χ1v) is 7.31. The summed E-state index contributed by atoms with van der Waals surface area (Å²) in [7, 11) is -2.29. The molecule has 20 heavy (non-hydrogen) atoms. The summed E-state index contributed by atoms with van der Waals surface area (Å²) in [4.78, 5) is -0.00157. The van der Waals surface area contributed by atoms with Crippen LogP contribution in [0.4, 0.5) is 11.4 Å². The van der Waals surface area contributed by atoms with Crippen LogP contribution in [-0.4, -0.2) is 25.7 Å². The summed E-state index contributed by atoms with van der Waals surface area (Å²) < 4.78 is 32.2. The number of ether oxygens (including phenoxy) is 1. The molecule has 0 saturated heterocycles. The van der Waals surface area contributed by atoms with Crippen molar-refractivity contribution in [3.63, 3.8) is 0 Å². The van der Waals surface area contributed by atoms with Crippen LogP contribution in [0.25, 0.3) is 0 Å². The summed E-state index contributed by atoms with van der Waals surface area (Å²) in [5, 5.41) is 6.66. The van der Waals surface area contributed by atoms with E-state index < -0.39 is 10.0 Å². The molecule has 2 rings (SSSR count). The second-order valence-corrected chi connectivity index (χ2v) is 5.97. The minimum Gasteiger partial charge on any atom is -0.497 e. The predicted molar refractivity (Wildman–Crippen MR) is 76.3 cm³/mol. The summed E-state index contributed by atoms with van der Waals surface area (Å²) in [6.45, 7) is 3.44. The number of hydrogen-bond donors (Lipinski definition) is 3. The standard InChI is InChI=1S/C12H16N4O3S/c1-7-12(8(2)15-14-7)16-20(17,18)11-5-4-9(19-3)6-10(11)13/h4-6,16H,13H2,1-3H3,(H,14,15). The summed E-state index contributed by atoms with van der Waals surface area (Å²) in [5.74, 6) is 0.497. The molecule has 0 aliphatic rings. The van der Waals surface area contributed by atoms with Crippen molar-refractivity contribution >= 4 is 21.4 Å². The zero-order chi connectivity index (χ0) is 14.9. The zero-order valence-electron chi connectivity index (χ0n) is 11.4. The molecule has 4 N–H and O–H groups in total. The van der Waals surface area contributed by atoms with Gasteiger partial charge in [0, 0.05) is 6.07 Å². The molecule has 0 unspecified atom stereocenters. The van der Waals surface area contributed by atoms with Crippen LogP contribution >= 0.6 is 0 Å². The number of nitrogens with two attached hydrogens (primary N) is 1.